The van der Waals surface area contributed by atoms with Crippen LogP contribution in [0, 0.1) is 31.0 Å². The van der Waals surface area contributed by atoms with E-state index >= 15 is 0 Å². The minimum absolute atomic E-state index is 0.0871. The molecule has 2 atom stereocenters. The molecule has 0 radical (unpaired) electrons. The smallest absolute Gasteiger partial charge is 0.241 e. The maximum Gasteiger partial charge on any atom is 0.241 e. The average Bonchev–Trinajstić information content (AvgIpc) is 3.24. The number of ether oxygens (including phenoxy) is 1. The van der Waals surface area contributed by atoms with Crippen molar-refractivity contribution in [1.82, 2.24) is 14.5 Å². The van der Waals surface area contributed by atoms with Gasteiger partial charge in [0.15, 0.2) is 0 Å². The fraction of sp³-hybridized carbons (Fsp3) is 0.353. The van der Waals surface area contributed by atoms with E-state index in [0.29, 0.717) is 19.6 Å². The number of aromatic nitrogens is 2. The highest BCUT2D eigenvalue weighted by atomic mass is 32.2. The largest absolute Gasteiger partial charge is 0.381 e. The van der Waals surface area contributed by atoms with Gasteiger partial charge in [-0.15, -0.1) is 6.42 Å². The molecular weight excluding hydrogens is 345 g/mol. The van der Waals surface area contributed by atoms with Crippen LogP contribution in [0.5, 0.6) is 0 Å². The Morgan fingerprint density at radius 2 is 2.32 bits per heavy atom. The molecule has 0 spiro atoms. The lowest BCUT2D eigenvalue weighted by Gasteiger charge is -2.18. The second-order valence-corrected chi connectivity index (χ2v) is 7.68. The molecule has 0 saturated carbocycles. The summed E-state index contributed by atoms with van der Waals surface area (Å²) in [5.41, 5.74) is 1.04. The molecule has 1 aliphatic rings. The molecule has 1 aromatic carbocycles. The van der Waals surface area contributed by atoms with Crippen molar-refractivity contribution in [2.24, 2.45) is 5.92 Å². The van der Waals surface area contributed by atoms with E-state index in [0.717, 1.165) is 11.6 Å². The van der Waals surface area contributed by atoms with E-state index in [-0.39, 0.29) is 16.5 Å². The number of halogens is 1. The Balaban J connectivity index is 1.85. The third kappa shape index (κ3) is 3.74. The van der Waals surface area contributed by atoms with Crippen molar-refractivity contribution in [1.29, 1.82) is 0 Å². The van der Waals surface area contributed by atoms with Crippen LogP contribution >= 0.6 is 0 Å². The van der Waals surface area contributed by atoms with Crippen LogP contribution in [0.4, 0.5) is 4.39 Å². The summed E-state index contributed by atoms with van der Waals surface area (Å²) in [6, 6.07) is 2.98. The van der Waals surface area contributed by atoms with E-state index in [1.54, 1.807) is 12.4 Å². The third-order valence-electron chi connectivity index (χ3n) is 4.09. The SMILES string of the molecule is C#C[C@@H](NS(=O)(=O)c1ccc(-n2cc(C)cn2)c(F)c1)[C@H]1CCOC1. The molecule has 1 aliphatic heterocycles. The Labute approximate surface area is 146 Å². The van der Waals surface area contributed by atoms with E-state index in [1.165, 1.54) is 16.8 Å². The van der Waals surface area contributed by atoms with Gasteiger partial charge >= 0.3 is 0 Å². The molecule has 2 heterocycles. The Bertz CT molecular complexity index is 911. The summed E-state index contributed by atoms with van der Waals surface area (Å²) in [5, 5.41) is 4.02. The van der Waals surface area contributed by atoms with Gasteiger partial charge in [-0.2, -0.15) is 9.82 Å². The monoisotopic (exact) mass is 363 g/mol. The minimum atomic E-state index is -3.94. The summed E-state index contributed by atoms with van der Waals surface area (Å²) in [6.45, 7) is 2.79. The molecule has 1 aromatic heterocycles. The van der Waals surface area contributed by atoms with Crippen LogP contribution in [-0.2, 0) is 14.8 Å². The van der Waals surface area contributed by atoms with Crippen molar-refractivity contribution in [3.8, 4) is 18.0 Å². The molecule has 25 heavy (non-hydrogen) atoms. The first kappa shape index (κ1) is 17.6. The fourth-order valence-electron chi connectivity index (χ4n) is 2.70. The fourth-order valence-corrected chi connectivity index (χ4v) is 3.94. The molecule has 8 heteroatoms. The number of hydrogen-bond donors (Lipinski definition) is 1. The molecule has 1 N–H and O–H groups in total. The van der Waals surface area contributed by atoms with Crippen LogP contribution in [0.3, 0.4) is 0 Å². The van der Waals surface area contributed by atoms with Gasteiger partial charge in [-0.25, -0.2) is 17.5 Å². The Hall–Kier alpha value is -2.21. The third-order valence-corrected chi connectivity index (χ3v) is 5.52. The van der Waals surface area contributed by atoms with E-state index in [1.807, 2.05) is 6.92 Å². The molecule has 1 fully saturated rings. The first-order valence-corrected chi connectivity index (χ1v) is 9.26. The Kier molecular flexibility index (Phi) is 4.90. The van der Waals surface area contributed by atoms with Gasteiger partial charge in [0.25, 0.3) is 0 Å². The molecule has 6 nitrogen and oxygen atoms in total. The maximum absolute atomic E-state index is 14.4. The van der Waals surface area contributed by atoms with Crippen molar-refractivity contribution in [3.05, 3.63) is 42.0 Å². The van der Waals surface area contributed by atoms with E-state index in [2.05, 4.69) is 15.7 Å². The number of hydrogen-bond acceptors (Lipinski definition) is 4. The van der Waals surface area contributed by atoms with Gasteiger partial charge in [0, 0.05) is 18.7 Å². The zero-order valence-corrected chi connectivity index (χ0v) is 14.5. The molecule has 1 saturated heterocycles. The van der Waals surface area contributed by atoms with Crippen LogP contribution in [0.15, 0.2) is 35.5 Å². The highest BCUT2D eigenvalue weighted by Gasteiger charge is 2.29. The summed E-state index contributed by atoms with van der Waals surface area (Å²) in [7, 11) is -3.94. The number of rotatable bonds is 5. The van der Waals surface area contributed by atoms with E-state index in [9.17, 15) is 12.8 Å². The summed E-state index contributed by atoms with van der Waals surface area (Å²) in [5.74, 6) is 1.67. The Morgan fingerprint density at radius 3 is 2.88 bits per heavy atom. The van der Waals surface area contributed by atoms with Crippen LogP contribution in [0.25, 0.3) is 5.69 Å². The quantitative estimate of drug-likeness (QED) is 0.820. The van der Waals surface area contributed by atoms with Crippen molar-refractivity contribution in [3.63, 3.8) is 0 Å². The van der Waals surface area contributed by atoms with Gasteiger partial charge in [0.05, 0.1) is 23.7 Å². The molecule has 0 amide bonds. The highest BCUT2D eigenvalue weighted by molar-refractivity contribution is 7.89. The lowest BCUT2D eigenvalue weighted by molar-refractivity contribution is 0.183. The number of nitrogens with zero attached hydrogens (tertiary/aromatic N) is 2. The van der Waals surface area contributed by atoms with Crippen LogP contribution in [0.2, 0.25) is 0 Å². The number of nitrogens with one attached hydrogen (secondary N) is 1. The lowest BCUT2D eigenvalue weighted by atomic mass is 10.0. The summed E-state index contributed by atoms with van der Waals surface area (Å²) < 4.78 is 48.5. The molecule has 0 aliphatic carbocycles. The summed E-state index contributed by atoms with van der Waals surface area (Å²) in [6.07, 6.45) is 9.38. The molecular formula is C17H18FN3O3S. The topological polar surface area (TPSA) is 73.2 Å². The van der Waals surface area contributed by atoms with E-state index in [4.69, 9.17) is 11.2 Å². The predicted octanol–water partition coefficient (Wildman–Crippen LogP) is 1.64. The number of terminal acetylenes is 1. The minimum Gasteiger partial charge on any atom is -0.381 e. The lowest BCUT2D eigenvalue weighted by Crippen LogP contribution is -2.39. The van der Waals surface area contributed by atoms with Crippen molar-refractivity contribution >= 4 is 10.0 Å². The van der Waals surface area contributed by atoms with Gasteiger partial charge in [0.1, 0.15) is 11.5 Å². The standard InChI is InChI=1S/C17H18FN3O3S/c1-3-16(13-6-7-24-11-13)20-25(22,23)14-4-5-17(15(18)8-14)21-10-12(2)9-19-21/h1,4-5,8-10,13,16,20H,6-7,11H2,2H3/t13-,16+/m0/s1. The molecule has 3 rings (SSSR count). The van der Waals surface area contributed by atoms with Gasteiger partial charge < -0.3 is 4.74 Å². The molecule has 132 valence electrons. The van der Waals surface area contributed by atoms with Crippen molar-refractivity contribution < 1.29 is 17.5 Å². The zero-order chi connectivity index (χ0) is 18.0. The maximum atomic E-state index is 14.4. The molecule has 0 bridgehead atoms. The van der Waals surface area contributed by atoms with Crippen LogP contribution < -0.4 is 4.72 Å². The number of benzene rings is 1. The van der Waals surface area contributed by atoms with Crippen molar-refractivity contribution in [2.75, 3.05) is 13.2 Å². The highest BCUT2D eigenvalue weighted by Crippen LogP contribution is 2.21. The molecule has 0 unspecified atom stereocenters. The van der Waals surface area contributed by atoms with Crippen LogP contribution in [-0.4, -0.2) is 37.5 Å². The van der Waals surface area contributed by atoms with Gasteiger partial charge in [0.2, 0.25) is 10.0 Å². The second kappa shape index (κ2) is 6.96. The first-order valence-electron chi connectivity index (χ1n) is 7.78. The van der Waals surface area contributed by atoms with Gasteiger partial charge in [-0.1, -0.05) is 5.92 Å². The van der Waals surface area contributed by atoms with Crippen molar-refractivity contribution in [2.45, 2.75) is 24.3 Å². The van der Waals surface area contributed by atoms with Crippen LogP contribution in [0.1, 0.15) is 12.0 Å². The summed E-state index contributed by atoms with van der Waals surface area (Å²) >= 11 is 0. The number of aryl methyl sites for hydroxylation is 1. The second-order valence-electron chi connectivity index (χ2n) is 5.96. The molecule has 2 aromatic rings. The average molecular weight is 363 g/mol. The predicted molar refractivity (Wildman–Crippen MR) is 90.1 cm³/mol. The number of sulfonamides is 1. The Morgan fingerprint density at radius 1 is 1.52 bits per heavy atom. The van der Waals surface area contributed by atoms with Gasteiger partial charge in [-0.3, -0.25) is 0 Å². The van der Waals surface area contributed by atoms with E-state index < -0.39 is 21.9 Å². The first-order chi connectivity index (χ1) is 11.9. The normalized spacial score (nSPS) is 18.8. The van der Waals surface area contributed by atoms with Gasteiger partial charge in [-0.05, 0) is 37.1 Å². The zero-order valence-electron chi connectivity index (χ0n) is 13.6. The summed E-state index contributed by atoms with van der Waals surface area (Å²) in [4.78, 5) is -0.184.